The Morgan fingerprint density at radius 3 is 2.12 bits per heavy atom. The molecule has 3 nitrogen and oxygen atoms in total. The van der Waals surface area contributed by atoms with Gasteiger partial charge in [0.2, 0.25) is 9.84 Å². The lowest BCUT2D eigenvalue weighted by molar-refractivity contribution is 0.173. The quantitative estimate of drug-likeness (QED) is 0.762. The average Bonchev–Trinajstić information content (AvgIpc) is 2.94. The number of hydrogen-bond donors (Lipinski definition) is 0. The van der Waals surface area contributed by atoms with Gasteiger partial charge in [0.05, 0.1) is 4.90 Å². The van der Waals surface area contributed by atoms with Crippen molar-refractivity contribution in [2.75, 3.05) is 0 Å². The van der Waals surface area contributed by atoms with E-state index in [9.17, 15) is 8.42 Å². The van der Waals surface area contributed by atoms with Crippen LogP contribution in [0.2, 0.25) is 0 Å². The summed E-state index contributed by atoms with van der Waals surface area (Å²) < 4.78 is 30.2. The molecule has 0 aliphatic carbocycles. The standard InChI is InChI=1S/C13H18O3S/c1-12(2,3)13(4)11(16-13)17(14,15)10-8-6-5-7-9-10/h5-9,11H,1-4H3. The Bertz CT molecular complexity index is 513. The van der Waals surface area contributed by atoms with Crippen LogP contribution in [0.3, 0.4) is 0 Å². The zero-order valence-corrected chi connectivity index (χ0v) is 11.4. The molecule has 1 aromatic carbocycles. The Labute approximate surface area is 103 Å². The second kappa shape index (κ2) is 3.56. The molecule has 0 N–H and O–H groups in total. The van der Waals surface area contributed by atoms with Crippen LogP contribution in [0, 0.1) is 5.41 Å². The zero-order chi connectivity index (χ0) is 12.9. The molecule has 1 aromatic rings. The highest BCUT2D eigenvalue weighted by Crippen LogP contribution is 2.53. The molecular weight excluding hydrogens is 236 g/mol. The molecule has 2 rings (SSSR count). The van der Waals surface area contributed by atoms with Crippen LogP contribution in [0.15, 0.2) is 35.2 Å². The minimum atomic E-state index is -3.38. The average molecular weight is 254 g/mol. The van der Waals surface area contributed by atoms with Crippen LogP contribution in [-0.4, -0.2) is 19.5 Å². The molecule has 0 radical (unpaired) electrons. The minimum Gasteiger partial charge on any atom is -0.348 e. The summed E-state index contributed by atoms with van der Waals surface area (Å²) in [6, 6.07) is 8.48. The maximum absolute atomic E-state index is 12.3. The van der Waals surface area contributed by atoms with Crippen molar-refractivity contribution in [3.8, 4) is 0 Å². The third kappa shape index (κ3) is 1.89. The molecule has 4 heteroatoms. The molecule has 0 amide bonds. The lowest BCUT2D eigenvalue weighted by Gasteiger charge is -2.24. The van der Waals surface area contributed by atoms with Crippen molar-refractivity contribution < 1.29 is 13.2 Å². The summed E-state index contributed by atoms with van der Waals surface area (Å²) >= 11 is 0. The highest BCUT2D eigenvalue weighted by atomic mass is 32.2. The van der Waals surface area contributed by atoms with E-state index in [1.807, 2.05) is 27.7 Å². The number of hydrogen-bond acceptors (Lipinski definition) is 3. The molecule has 0 bridgehead atoms. The second-order valence-corrected chi connectivity index (χ2v) is 7.65. The number of rotatable bonds is 2. The Balaban J connectivity index is 2.34. The Kier molecular flexibility index (Phi) is 2.64. The first-order chi connectivity index (χ1) is 7.69. The van der Waals surface area contributed by atoms with Gasteiger partial charge in [-0.15, -0.1) is 0 Å². The molecule has 2 unspecified atom stereocenters. The van der Waals surface area contributed by atoms with Crippen LogP contribution in [0.25, 0.3) is 0 Å². The topological polar surface area (TPSA) is 46.7 Å². The first-order valence-corrected chi connectivity index (χ1v) is 7.21. The third-order valence-electron chi connectivity index (χ3n) is 3.59. The molecule has 0 aromatic heterocycles. The highest BCUT2D eigenvalue weighted by Gasteiger charge is 2.66. The molecule has 1 fully saturated rings. The minimum absolute atomic E-state index is 0.195. The molecule has 1 saturated heterocycles. The molecule has 17 heavy (non-hydrogen) atoms. The summed E-state index contributed by atoms with van der Waals surface area (Å²) in [5.74, 6) is 0. The molecule has 1 heterocycles. The summed E-state index contributed by atoms with van der Waals surface area (Å²) in [6.07, 6.45) is 0. The summed E-state index contributed by atoms with van der Waals surface area (Å²) in [7, 11) is -3.38. The molecule has 1 aliphatic rings. The lowest BCUT2D eigenvalue weighted by Crippen LogP contribution is -2.32. The molecular formula is C13H18O3S. The van der Waals surface area contributed by atoms with Crippen LogP contribution in [-0.2, 0) is 14.6 Å². The van der Waals surface area contributed by atoms with E-state index in [0.717, 1.165) is 0 Å². The van der Waals surface area contributed by atoms with E-state index < -0.39 is 20.9 Å². The van der Waals surface area contributed by atoms with E-state index in [2.05, 4.69) is 0 Å². The number of ether oxygens (including phenoxy) is 1. The Morgan fingerprint density at radius 1 is 1.18 bits per heavy atom. The van der Waals surface area contributed by atoms with Gasteiger partial charge >= 0.3 is 0 Å². The largest absolute Gasteiger partial charge is 0.348 e. The van der Waals surface area contributed by atoms with E-state index in [1.54, 1.807) is 30.3 Å². The predicted molar refractivity (Wildman–Crippen MR) is 66.4 cm³/mol. The van der Waals surface area contributed by atoms with E-state index in [0.29, 0.717) is 4.90 Å². The molecule has 0 saturated carbocycles. The fourth-order valence-corrected chi connectivity index (χ4v) is 3.87. The van der Waals surface area contributed by atoms with Crippen LogP contribution in [0.5, 0.6) is 0 Å². The predicted octanol–water partition coefficient (Wildman–Crippen LogP) is 2.62. The van der Waals surface area contributed by atoms with Gasteiger partial charge in [-0.05, 0) is 24.5 Å². The summed E-state index contributed by atoms with van der Waals surface area (Å²) in [6.45, 7) is 7.84. The van der Waals surface area contributed by atoms with Crippen molar-refractivity contribution >= 4 is 9.84 Å². The molecule has 2 atom stereocenters. The van der Waals surface area contributed by atoms with Gasteiger partial charge in [0.1, 0.15) is 5.60 Å². The molecule has 1 aliphatic heterocycles. The van der Waals surface area contributed by atoms with E-state index >= 15 is 0 Å². The Hall–Kier alpha value is -0.870. The van der Waals surface area contributed by atoms with Gasteiger partial charge in [0.25, 0.3) is 0 Å². The van der Waals surface area contributed by atoms with Crippen molar-refractivity contribution in [1.82, 2.24) is 0 Å². The fourth-order valence-electron chi connectivity index (χ4n) is 1.81. The first kappa shape index (κ1) is 12.6. The van der Waals surface area contributed by atoms with Crippen molar-refractivity contribution in [2.45, 2.75) is 43.6 Å². The monoisotopic (exact) mass is 254 g/mol. The fraction of sp³-hybridized carbons (Fsp3) is 0.538. The van der Waals surface area contributed by atoms with E-state index in [1.165, 1.54) is 0 Å². The number of epoxide rings is 1. The molecule has 94 valence electrons. The summed E-state index contributed by atoms with van der Waals surface area (Å²) in [5.41, 5.74) is -1.52. The van der Waals surface area contributed by atoms with Crippen LogP contribution >= 0.6 is 0 Å². The smallest absolute Gasteiger partial charge is 0.208 e. The van der Waals surface area contributed by atoms with E-state index in [4.69, 9.17) is 4.74 Å². The van der Waals surface area contributed by atoms with Crippen LogP contribution < -0.4 is 0 Å². The Morgan fingerprint density at radius 2 is 1.71 bits per heavy atom. The van der Waals surface area contributed by atoms with Gasteiger partial charge in [-0.25, -0.2) is 8.42 Å². The van der Waals surface area contributed by atoms with Gasteiger partial charge in [-0.2, -0.15) is 0 Å². The van der Waals surface area contributed by atoms with Crippen LogP contribution in [0.1, 0.15) is 27.7 Å². The summed E-state index contributed by atoms with van der Waals surface area (Å²) in [5, 5.41) is 0. The van der Waals surface area contributed by atoms with Crippen molar-refractivity contribution in [3.05, 3.63) is 30.3 Å². The van der Waals surface area contributed by atoms with Gasteiger partial charge in [0.15, 0.2) is 5.44 Å². The first-order valence-electron chi connectivity index (χ1n) is 5.66. The second-order valence-electron chi connectivity index (χ2n) is 5.66. The van der Waals surface area contributed by atoms with Gasteiger partial charge in [0, 0.05) is 0 Å². The van der Waals surface area contributed by atoms with Crippen molar-refractivity contribution in [3.63, 3.8) is 0 Å². The molecule has 0 spiro atoms. The maximum atomic E-state index is 12.3. The SMILES string of the molecule is CC(C)(C)C1(C)OC1S(=O)(=O)c1ccccc1. The normalized spacial score (nSPS) is 29.1. The highest BCUT2D eigenvalue weighted by molar-refractivity contribution is 7.92. The summed E-state index contributed by atoms with van der Waals surface area (Å²) in [4.78, 5) is 0.331. The van der Waals surface area contributed by atoms with E-state index in [-0.39, 0.29) is 5.41 Å². The van der Waals surface area contributed by atoms with Gasteiger partial charge in [-0.1, -0.05) is 39.0 Å². The van der Waals surface area contributed by atoms with Crippen LogP contribution in [0.4, 0.5) is 0 Å². The maximum Gasteiger partial charge on any atom is 0.208 e. The van der Waals surface area contributed by atoms with Gasteiger partial charge in [-0.3, -0.25) is 0 Å². The lowest BCUT2D eigenvalue weighted by atomic mass is 9.82. The van der Waals surface area contributed by atoms with Crippen molar-refractivity contribution in [1.29, 1.82) is 0 Å². The van der Waals surface area contributed by atoms with Gasteiger partial charge < -0.3 is 4.74 Å². The zero-order valence-electron chi connectivity index (χ0n) is 10.6. The number of sulfone groups is 1. The number of benzene rings is 1. The van der Waals surface area contributed by atoms with Crippen molar-refractivity contribution in [2.24, 2.45) is 5.41 Å². The third-order valence-corrected chi connectivity index (χ3v) is 5.63.